The van der Waals surface area contributed by atoms with Gasteiger partial charge in [0.1, 0.15) is 11.2 Å². The van der Waals surface area contributed by atoms with Crippen LogP contribution in [-0.2, 0) is 5.41 Å². The minimum Gasteiger partial charge on any atom is -0.456 e. The van der Waals surface area contributed by atoms with Gasteiger partial charge in [-0.2, -0.15) is 0 Å². The van der Waals surface area contributed by atoms with E-state index in [0.717, 1.165) is 39.0 Å². The molecular formula is C59H39NO. The molecule has 2 heteroatoms. The van der Waals surface area contributed by atoms with Crippen molar-refractivity contribution in [2.75, 3.05) is 4.90 Å². The van der Waals surface area contributed by atoms with Crippen LogP contribution in [0.2, 0.25) is 0 Å². The van der Waals surface area contributed by atoms with Crippen molar-refractivity contribution in [3.05, 3.63) is 259 Å². The van der Waals surface area contributed by atoms with Crippen molar-refractivity contribution in [1.82, 2.24) is 0 Å². The molecule has 1 heterocycles. The van der Waals surface area contributed by atoms with Gasteiger partial charge in [-0.05, 0) is 97.9 Å². The van der Waals surface area contributed by atoms with E-state index in [-0.39, 0.29) is 0 Å². The van der Waals surface area contributed by atoms with Gasteiger partial charge in [0.05, 0.1) is 11.1 Å². The van der Waals surface area contributed by atoms with Crippen LogP contribution in [0.4, 0.5) is 17.1 Å². The first-order valence-electron chi connectivity index (χ1n) is 21.0. The maximum atomic E-state index is 6.41. The van der Waals surface area contributed by atoms with Crippen molar-refractivity contribution in [2.24, 2.45) is 0 Å². The van der Waals surface area contributed by atoms with E-state index >= 15 is 0 Å². The van der Waals surface area contributed by atoms with E-state index in [1.807, 2.05) is 6.07 Å². The number of rotatable bonds is 7. The Labute approximate surface area is 355 Å². The molecule has 0 atom stereocenters. The highest BCUT2D eigenvalue weighted by molar-refractivity contribution is 6.12. The molecular weight excluding hydrogens is 739 g/mol. The molecule has 12 rings (SSSR count). The van der Waals surface area contributed by atoms with Crippen molar-refractivity contribution >= 4 is 49.8 Å². The molecule has 61 heavy (non-hydrogen) atoms. The summed E-state index contributed by atoms with van der Waals surface area (Å²) in [5.41, 5.74) is 16.8. The molecule has 286 valence electrons. The number of hydrogen-bond acceptors (Lipinski definition) is 2. The highest BCUT2D eigenvalue weighted by atomic mass is 16.3. The minimum absolute atomic E-state index is 0.561. The van der Waals surface area contributed by atoms with E-state index in [0.29, 0.717) is 0 Å². The Bertz CT molecular complexity index is 3360. The van der Waals surface area contributed by atoms with Gasteiger partial charge in [0, 0.05) is 33.1 Å². The quantitative estimate of drug-likeness (QED) is 0.160. The van der Waals surface area contributed by atoms with Gasteiger partial charge in [0.25, 0.3) is 0 Å². The first-order chi connectivity index (χ1) is 30.3. The largest absolute Gasteiger partial charge is 0.456 e. The number of hydrogen-bond donors (Lipinski definition) is 0. The summed E-state index contributed by atoms with van der Waals surface area (Å²) in [7, 11) is 0. The number of benzene rings is 10. The summed E-state index contributed by atoms with van der Waals surface area (Å²) in [5.74, 6) is 0. The Morgan fingerprint density at radius 3 is 1.57 bits per heavy atom. The highest BCUT2D eigenvalue weighted by Crippen LogP contribution is 2.61. The molecule has 1 aromatic heterocycles. The van der Waals surface area contributed by atoms with Gasteiger partial charge in [-0.1, -0.05) is 194 Å². The van der Waals surface area contributed by atoms with E-state index < -0.39 is 5.41 Å². The van der Waals surface area contributed by atoms with E-state index in [4.69, 9.17) is 4.42 Å². The van der Waals surface area contributed by atoms with Crippen molar-refractivity contribution in [3.63, 3.8) is 0 Å². The van der Waals surface area contributed by atoms with Crippen LogP contribution in [-0.4, -0.2) is 0 Å². The predicted octanol–water partition coefficient (Wildman–Crippen LogP) is 15.9. The van der Waals surface area contributed by atoms with Gasteiger partial charge in [-0.25, -0.2) is 0 Å². The lowest BCUT2D eigenvalue weighted by Crippen LogP contribution is -2.28. The third kappa shape index (κ3) is 5.43. The summed E-state index contributed by atoms with van der Waals surface area (Å²) < 4.78 is 6.41. The summed E-state index contributed by atoms with van der Waals surface area (Å²) in [6, 6.07) is 86.2. The average Bonchev–Trinajstić information content (AvgIpc) is 3.86. The molecule has 11 aromatic rings. The summed E-state index contributed by atoms with van der Waals surface area (Å²) in [5, 5.41) is 4.57. The Morgan fingerprint density at radius 2 is 0.869 bits per heavy atom. The first-order valence-corrected chi connectivity index (χ1v) is 21.0. The molecule has 0 bridgehead atoms. The van der Waals surface area contributed by atoms with Crippen molar-refractivity contribution in [3.8, 4) is 33.4 Å². The van der Waals surface area contributed by atoms with Crippen LogP contribution in [0, 0.1) is 0 Å². The molecule has 0 amide bonds. The lowest BCUT2D eigenvalue weighted by atomic mass is 9.67. The smallest absolute Gasteiger partial charge is 0.135 e. The summed E-state index contributed by atoms with van der Waals surface area (Å²) in [6.45, 7) is 0. The van der Waals surface area contributed by atoms with Gasteiger partial charge in [-0.3, -0.25) is 0 Å². The second-order valence-electron chi connectivity index (χ2n) is 16.0. The van der Waals surface area contributed by atoms with E-state index in [1.165, 1.54) is 66.4 Å². The average molecular weight is 778 g/mol. The molecule has 0 N–H and O–H groups in total. The molecule has 0 fully saturated rings. The van der Waals surface area contributed by atoms with Crippen LogP contribution in [0.3, 0.4) is 0 Å². The number of nitrogens with zero attached hydrogens (tertiary/aromatic N) is 1. The normalized spacial score (nSPS) is 12.7. The van der Waals surface area contributed by atoms with Crippen molar-refractivity contribution < 1.29 is 4.42 Å². The fourth-order valence-electron chi connectivity index (χ4n) is 10.1. The number of furan rings is 1. The van der Waals surface area contributed by atoms with E-state index in [9.17, 15) is 0 Å². The Hall–Kier alpha value is -7.94. The molecule has 1 aliphatic rings. The molecule has 2 nitrogen and oxygen atoms in total. The number of anilines is 3. The van der Waals surface area contributed by atoms with Crippen LogP contribution >= 0.6 is 0 Å². The Morgan fingerprint density at radius 1 is 0.344 bits per heavy atom. The molecule has 0 spiro atoms. The second-order valence-corrected chi connectivity index (χ2v) is 16.0. The summed E-state index contributed by atoms with van der Waals surface area (Å²) >= 11 is 0. The maximum absolute atomic E-state index is 6.41. The lowest BCUT2D eigenvalue weighted by Gasteiger charge is -2.35. The fourth-order valence-corrected chi connectivity index (χ4v) is 10.1. The van der Waals surface area contributed by atoms with Crippen LogP contribution in [0.25, 0.3) is 66.1 Å². The zero-order valence-electron chi connectivity index (χ0n) is 33.4. The van der Waals surface area contributed by atoms with Crippen LogP contribution in [0.1, 0.15) is 22.3 Å². The standard InChI is InChI=1S/C59H39NO/c1-4-18-40(19-5-1)47-25-12-13-26-48(47)41-32-34-45(35-33-41)60(46-36-37-56-52(39-46)50-28-15-17-31-55(50)61-56)58-49-27-11-10-20-42(49)38-54-57(58)51-29-14-16-30-53(51)59(54,43-21-6-2-7-22-43)44-23-8-3-9-24-44/h1-39H. The van der Waals surface area contributed by atoms with Gasteiger partial charge in [0.2, 0.25) is 0 Å². The minimum atomic E-state index is -0.561. The zero-order chi connectivity index (χ0) is 40.3. The number of para-hydroxylation sites is 1. The van der Waals surface area contributed by atoms with Gasteiger partial charge < -0.3 is 9.32 Å². The fraction of sp³-hybridized carbons (Fsp3) is 0.0169. The predicted molar refractivity (Wildman–Crippen MR) is 254 cm³/mol. The number of fused-ring (bicyclic) bond motifs is 7. The lowest BCUT2D eigenvalue weighted by molar-refractivity contribution is 0.669. The highest BCUT2D eigenvalue weighted by Gasteiger charge is 2.48. The van der Waals surface area contributed by atoms with Gasteiger partial charge in [-0.15, -0.1) is 0 Å². The topological polar surface area (TPSA) is 16.4 Å². The van der Waals surface area contributed by atoms with Crippen molar-refractivity contribution in [2.45, 2.75) is 5.41 Å². The second kappa shape index (κ2) is 14.1. The zero-order valence-corrected chi connectivity index (χ0v) is 33.4. The van der Waals surface area contributed by atoms with Gasteiger partial charge in [0.15, 0.2) is 0 Å². The van der Waals surface area contributed by atoms with Crippen LogP contribution in [0.15, 0.2) is 241 Å². The molecule has 0 aliphatic heterocycles. The molecule has 1 aliphatic carbocycles. The van der Waals surface area contributed by atoms with Crippen LogP contribution < -0.4 is 4.90 Å². The third-order valence-electron chi connectivity index (χ3n) is 12.7. The molecule has 0 saturated carbocycles. The SMILES string of the molecule is c1ccc(-c2ccccc2-c2ccc(N(c3ccc4oc5ccccc5c4c3)c3c4c(cc5ccccc35)C(c3ccccc3)(c3ccccc3)c3ccccc3-4)cc2)cc1. The van der Waals surface area contributed by atoms with E-state index in [1.54, 1.807) is 0 Å². The first kappa shape index (κ1) is 35.0. The van der Waals surface area contributed by atoms with Crippen LogP contribution in [0.5, 0.6) is 0 Å². The van der Waals surface area contributed by atoms with Crippen molar-refractivity contribution in [1.29, 1.82) is 0 Å². The third-order valence-corrected chi connectivity index (χ3v) is 12.7. The van der Waals surface area contributed by atoms with Gasteiger partial charge >= 0.3 is 0 Å². The Kier molecular flexibility index (Phi) is 8.11. The molecule has 10 aromatic carbocycles. The summed E-state index contributed by atoms with van der Waals surface area (Å²) in [6.07, 6.45) is 0. The maximum Gasteiger partial charge on any atom is 0.135 e. The molecule has 0 saturated heterocycles. The Balaban J connectivity index is 1.17. The molecule has 0 unspecified atom stereocenters. The molecule has 0 radical (unpaired) electrons. The summed E-state index contributed by atoms with van der Waals surface area (Å²) in [4.78, 5) is 2.50. The monoisotopic (exact) mass is 777 g/mol. The van der Waals surface area contributed by atoms with E-state index in [2.05, 4.69) is 235 Å².